The van der Waals surface area contributed by atoms with E-state index in [1.165, 1.54) is 33.0 Å². The number of fused-ring (bicyclic) bond motifs is 1. The molecule has 4 heteroatoms. The first-order valence-electron chi connectivity index (χ1n) is 9.60. The lowest BCUT2D eigenvalue weighted by Crippen LogP contribution is -2.31. The quantitative estimate of drug-likeness (QED) is 0.523. The Morgan fingerprint density at radius 3 is 2.78 bits per heavy atom. The van der Waals surface area contributed by atoms with Crippen molar-refractivity contribution in [3.63, 3.8) is 0 Å². The van der Waals surface area contributed by atoms with Crippen molar-refractivity contribution in [1.29, 1.82) is 0 Å². The molecule has 3 aromatic rings. The Labute approximate surface area is 169 Å². The Hall–Kier alpha value is -1.75. The van der Waals surface area contributed by atoms with Gasteiger partial charge in [0.25, 0.3) is 0 Å². The van der Waals surface area contributed by atoms with E-state index in [1.54, 1.807) is 0 Å². The summed E-state index contributed by atoms with van der Waals surface area (Å²) in [5, 5.41) is 1.20. The van der Waals surface area contributed by atoms with Crippen LogP contribution in [0.4, 0.5) is 0 Å². The van der Waals surface area contributed by atoms with Crippen LogP contribution in [0.3, 0.4) is 0 Å². The van der Waals surface area contributed by atoms with Crippen LogP contribution >= 0.6 is 15.9 Å². The lowest BCUT2D eigenvalue weighted by molar-refractivity contribution is 0.0679. The fourth-order valence-electron chi connectivity index (χ4n) is 3.82. The number of rotatable bonds is 6. The summed E-state index contributed by atoms with van der Waals surface area (Å²) in [7, 11) is 0. The Kier molecular flexibility index (Phi) is 5.86. The van der Waals surface area contributed by atoms with Gasteiger partial charge in [0.15, 0.2) is 0 Å². The molecule has 0 amide bonds. The van der Waals surface area contributed by atoms with Gasteiger partial charge in [-0.3, -0.25) is 9.88 Å². The third-order valence-electron chi connectivity index (χ3n) is 5.20. The number of halogens is 1. The van der Waals surface area contributed by atoms with Gasteiger partial charge in [-0.05, 0) is 48.6 Å². The molecule has 2 aromatic carbocycles. The zero-order valence-corrected chi connectivity index (χ0v) is 17.3. The number of pyridine rings is 1. The predicted molar refractivity (Wildman–Crippen MR) is 114 cm³/mol. The maximum atomic E-state index is 5.93. The van der Waals surface area contributed by atoms with Crippen LogP contribution in [0.2, 0.25) is 0 Å². The molecule has 1 atom stereocenters. The number of hydrogen-bond donors (Lipinski definition) is 0. The van der Waals surface area contributed by atoms with Gasteiger partial charge in [0, 0.05) is 42.3 Å². The molecule has 1 aromatic heterocycles. The van der Waals surface area contributed by atoms with Gasteiger partial charge in [-0.25, -0.2) is 0 Å². The summed E-state index contributed by atoms with van der Waals surface area (Å²) in [6.45, 7) is 5.73. The average Bonchev–Trinajstić information content (AvgIpc) is 3.17. The SMILES string of the molecule is Cc1ccc(CN(Cc2cccc3cccnc23)CC2CCCO2)c(Br)c1. The van der Waals surface area contributed by atoms with Crippen molar-refractivity contribution in [2.24, 2.45) is 0 Å². The molecule has 1 saturated heterocycles. The maximum absolute atomic E-state index is 5.93. The minimum atomic E-state index is 0.331. The first-order chi connectivity index (χ1) is 13.2. The molecular formula is C23H25BrN2O. The Morgan fingerprint density at radius 1 is 1.11 bits per heavy atom. The van der Waals surface area contributed by atoms with E-state index in [4.69, 9.17) is 4.74 Å². The summed E-state index contributed by atoms with van der Waals surface area (Å²) in [5.41, 5.74) is 4.95. The number of ether oxygens (including phenoxy) is 1. The Bertz CT molecular complexity index is 916. The molecule has 1 unspecified atom stereocenters. The largest absolute Gasteiger partial charge is 0.377 e. The van der Waals surface area contributed by atoms with Gasteiger partial charge >= 0.3 is 0 Å². The maximum Gasteiger partial charge on any atom is 0.0746 e. The standard InChI is InChI=1S/C23H25BrN2O/c1-17-9-10-19(22(24)13-17)14-26(16-21-8-4-12-27-21)15-20-6-2-5-18-7-3-11-25-23(18)20/h2-3,5-7,9-11,13,21H,4,8,12,14-16H2,1H3. The lowest BCUT2D eigenvalue weighted by Gasteiger charge is -2.26. The van der Waals surface area contributed by atoms with Crippen LogP contribution in [0, 0.1) is 6.92 Å². The first kappa shape index (κ1) is 18.6. The fourth-order valence-corrected chi connectivity index (χ4v) is 4.44. The van der Waals surface area contributed by atoms with E-state index in [2.05, 4.69) is 75.2 Å². The van der Waals surface area contributed by atoms with Crippen molar-refractivity contribution in [2.75, 3.05) is 13.2 Å². The van der Waals surface area contributed by atoms with Gasteiger partial charge < -0.3 is 4.74 Å². The van der Waals surface area contributed by atoms with Gasteiger partial charge in [0.1, 0.15) is 0 Å². The van der Waals surface area contributed by atoms with E-state index in [0.717, 1.165) is 38.2 Å². The number of nitrogens with zero attached hydrogens (tertiary/aromatic N) is 2. The summed E-state index contributed by atoms with van der Waals surface area (Å²) in [6, 6.07) is 17.2. The van der Waals surface area contributed by atoms with Gasteiger partial charge in [0.05, 0.1) is 11.6 Å². The molecule has 0 saturated carbocycles. The van der Waals surface area contributed by atoms with Gasteiger partial charge in [-0.2, -0.15) is 0 Å². The van der Waals surface area contributed by atoms with Crippen LogP contribution in [0.15, 0.2) is 59.2 Å². The van der Waals surface area contributed by atoms with Gasteiger partial charge in [-0.1, -0.05) is 52.3 Å². The van der Waals surface area contributed by atoms with Crippen LogP contribution in [0.25, 0.3) is 10.9 Å². The Morgan fingerprint density at radius 2 is 1.96 bits per heavy atom. The third-order valence-corrected chi connectivity index (χ3v) is 5.94. The molecule has 0 aliphatic carbocycles. The zero-order valence-electron chi connectivity index (χ0n) is 15.7. The number of hydrogen-bond acceptors (Lipinski definition) is 3. The normalized spacial score (nSPS) is 17.1. The van der Waals surface area contributed by atoms with Crippen LogP contribution in [0.5, 0.6) is 0 Å². The molecule has 1 fully saturated rings. The molecular weight excluding hydrogens is 400 g/mol. The van der Waals surface area contributed by atoms with E-state index in [9.17, 15) is 0 Å². The Balaban J connectivity index is 1.60. The van der Waals surface area contributed by atoms with Crippen molar-refractivity contribution in [2.45, 2.75) is 39.0 Å². The molecule has 4 rings (SSSR count). The molecule has 27 heavy (non-hydrogen) atoms. The van der Waals surface area contributed by atoms with E-state index >= 15 is 0 Å². The molecule has 0 radical (unpaired) electrons. The van der Waals surface area contributed by atoms with Gasteiger partial charge in [-0.15, -0.1) is 0 Å². The molecule has 1 aliphatic heterocycles. The van der Waals surface area contributed by atoms with Crippen LogP contribution in [0.1, 0.15) is 29.5 Å². The number of benzene rings is 2. The summed E-state index contributed by atoms with van der Waals surface area (Å²) in [5.74, 6) is 0. The topological polar surface area (TPSA) is 25.4 Å². The minimum Gasteiger partial charge on any atom is -0.377 e. The highest BCUT2D eigenvalue weighted by Crippen LogP contribution is 2.24. The third kappa shape index (κ3) is 4.57. The average molecular weight is 425 g/mol. The highest BCUT2D eigenvalue weighted by molar-refractivity contribution is 9.10. The second kappa shape index (κ2) is 8.51. The van der Waals surface area contributed by atoms with Crippen molar-refractivity contribution >= 4 is 26.8 Å². The highest BCUT2D eigenvalue weighted by Gasteiger charge is 2.21. The highest BCUT2D eigenvalue weighted by atomic mass is 79.9. The van der Waals surface area contributed by atoms with Crippen molar-refractivity contribution in [3.8, 4) is 0 Å². The summed E-state index contributed by atoms with van der Waals surface area (Å²) >= 11 is 3.74. The van der Waals surface area contributed by atoms with E-state index in [0.29, 0.717) is 6.10 Å². The second-order valence-corrected chi connectivity index (χ2v) is 8.25. The van der Waals surface area contributed by atoms with Crippen LogP contribution in [-0.2, 0) is 17.8 Å². The fraction of sp³-hybridized carbons (Fsp3) is 0.348. The van der Waals surface area contributed by atoms with E-state index in [-0.39, 0.29) is 0 Å². The van der Waals surface area contributed by atoms with Crippen LogP contribution < -0.4 is 0 Å². The summed E-state index contributed by atoms with van der Waals surface area (Å²) < 4.78 is 7.10. The summed E-state index contributed by atoms with van der Waals surface area (Å²) in [6.07, 6.45) is 4.53. The van der Waals surface area contributed by atoms with E-state index in [1.807, 2.05) is 12.3 Å². The molecule has 0 N–H and O–H groups in total. The predicted octanol–water partition coefficient (Wildman–Crippen LogP) is 5.49. The number of aromatic nitrogens is 1. The van der Waals surface area contributed by atoms with E-state index < -0.39 is 0 Å². The number of para-hydroxylation sites is 1. The molecule has 0 bridgehead atoms. The summed E-state index contributed by atoms with van der Waals surface area (Å²) in [4.78, 5) is 7.13. The molecule has 2 heterocycles. The monoisotopic (exact) mass is 424 g/mol. The zero-order chi connectivity index (χ0) is 18.6. The molecule has 3 nitrogen and oxygen atoms in total. The molecule has 0 spiro atoms. The minimum absolute atomic E-state index is 0.331. The first-order valence-corrected chi connectivity index (χ1v) is 10.4. The molecule has 1 aliphatic rings. The van der Waals surface area contributed by atoms with Gasteiger partial charge in [0.2, 0.25) is 0 Å². The number of aryl methyl sites for hydroxylation is 1. The smallest absolute Gasteiger partial charge is 0.0746 e. The van der Waals surface area contributed by atoms with Crippen LogP contribution in [-0.4, -0.2) is 29.1 Å². The lowest BCUT2D eigenvalue weighted by atomic mass is 10.1. The molecule has 140 valence electrons. The van der Waals surface area contributed by atoms with Crippen molar-refractivity contribution < 1.29 is 4.74 Å². The van der Waals surface area contributed by atoms with Crippen molar-refractivity contribution in [3.05, 3.63) is 75.9 Å². The van der Waals surface area contributed by atoms with Crippen molar-refractivity contribution in [1.82, 2.24) is 9.88 Å². The second-order valence-electron chi connectivity index (χ2n) is 7.39.